The van der Waals surface area contributed by atoms with Crippen LogP contribution in [0.5, 0.6) is 5.75 Å². The molecule has 128 valence electrons. The van der Waals surface area contributed by atoms with Crippen molar-refractivity contribution in [1.29, 1.82) is 0 Å². The number of methoxy groups -OCH3 is 1. The van der Waals surface area contributed by atoms with Crippen molar-refractivity contribution in [1.82, 2.24) is 15.5 Å². The van der Waals surface area contributed by atoms with Gasteiger partial charge in [-0.3, -0.25) is 4.79 Å². The molecular formula is C17H28N4O2. The highest BCUT2D eigenvalue weighted by Crippen LogP contribution is 2.19. The number of hydrogen-bond acceptors (Lipinski definition) is 3. The van der Waals surface area contributed by atoms with Crippen molar-refractivity contribution < 1.29 is 9.53 Å². The number of aryl methyl sites for hydroxylation is 1. The minimum absolute atomic E-state index is 0.0254. The lowest BCUT2D eigenvalue weighted by Gasteiger charge is -2.14. The van der Waals surface area contributed by atoms with Gasteiger partial charge in [-0.1, -0.05) is 17.7 Å². The molecule has 6 nitrogen and oxygen atoms in total. The monoisotopic (exact) mass is 320 g/mol. The van der Waals surface area contributed by atoms with Gasteiger partial charge >= 0.3 is 0 Å². The van der Waals surface area contributed by atoms with Crippen LogP contribution in [0.2, 0.25) is 0 Å². The molecule has 6 heteroatoms. The standard InChI is InChI=1S/C17H28N4O2/c1-6-18-17(20-12-16(22)21(3)4)19-10-9-14-11-13(2)7-8-15(14)23-5/h7-8,11H,6,9-10,12H2,1-5H3,(H2,18,19,20). The number of ether oxygens (including phenoxy) is 1. The van der Waals surface area contributed by atoms with Crippen LogP contribution in [0.1, 0.15) is 18.1 Å². The number of rotatable bonds is 7. The van der Waals surface area contributed by atoms with Gasteiger partial charge in [0.25, 0.3) is 0 Å². The Labute approximate surface area is 138 Å². The second-order valence-corrected chi connectivity index (χ2v) is 5.48. The molecule has 23 heavy (non-hydrogen) atoms. The van der Waals surface area contributed by atoms with Crippen LogP contribution >= 0.6 is 0 Å². The van der Waals surface area contributed by atoms with Crippen LogP contribution in [-0.4, -0.2) is 57.6 Å². The first-order valence-corrected chi connectivity index (χ1v) is 7.83. The van der Waals surface area contributed by atoms with Crippen molar-refractivity contribution in [2.45, 2.75) is 20.3 Å². The van der Waals surface area contributed by atoms with Crippen LogP contribution in [0.4, 0.5) is 0 Å². The summed E-state index contributed by atoms with van der Waals surface area (Å²) >= 11 is 0. The van der Waals surface area contributed by atoms with Gasteiger partial charge in [-0.2, -0.15) is 0 Å². The van der Waals surface area contributed by atoms with Gasteiger partial charge in [-0.25, -0.2) is 4.99 Å². The fourth-order valence-electron chi connectivity index (χ4n) is 2.05. The average Bonchev–Trinajstić information content (AvgIpc) is 2.52. The van der Waals surface area contributed by atoms with Crippen LogP contribution in [0, 0.1) is 6.92 Å². The van der Waals surface area contributed by atoms with E-state index in [4.69, 9.17) is 4.74 Å². The summed E-state index contributed by atoms with van der Waals surface area (Å²) in [5.74, 6) is 1.51. The SMILES string of the molecule is CCNC(=NCC(=O)N(C)C)NCCc1cc(C)ccc1OC. The number of nitrogens with one attached hydrogen (secondary N) is 2. The number of amides is 1. The number of carbonyl (C=O) groups excluding carboxylic acids is 1. The molecule has 0 aliphatic carbocycles. The summed E-state index contributed by atoms with van der Waals surface area (Å²) in [5, 5.41) is 6.39. The molecule has 0 aliphatic rings. The molecule has 0 saturated carbocycles. The number of hydrogen-bond donors (Lipinski definition) is 2. The Morgan fingerprint density at radius 3 is 2.65 bits per heavy atom. The zero-order chi connectivity index (χ0) is 17.2. The Kier molecular flexibility index (Phi) is 7.94. The fraction of sp³-hybridized carbons (Fsp3) is 0.529. The molecule has 1 aromatic carbocycles. The minimum Gasteiger partial charge on any atom is -0.496 e. The number of likely N-dealkylation sites (N-methyl/N-ethyl adjacent to an activating group) is 1. The van der Waals surface area contributed by atoms with Gasteiger partial charge in [0.05, 0.1) is 7.11 Å². The summed E-state index contributed by atoms with van der Waals surface area (Å²) in [4.78, 5) is 17.4. The van der Waals surface area contributed by atoms with Crippen LogP contribution in [0.25, 0.3) is 0 Å². The van der Waals surface area contributed by atoms with E-state index in [9.17, 15) is 4.79 Å². The third-order valence-corrected chi connectivity index (χ3v) is 3.34. The number of carbonyl (C=O) groups is 1. The molecular weight excluding hydrogens is 292 g/mol. The Morgan fingerprint density at radius 1 is 1.30 bits per heavy atom. The minimum atomic E-state index is -0.0254. The van der Waals surface area contributed by atoms with Crippen molar-refractivity contribution >= 4 is 11.9 Å². The van der Waals surface area contributed by atoms with E-state index in [0.717, 1.165) is 24.3 Å². The molecule has 2 N–H and O–H groups in total. The summed E-state index contributed by atoms with van der Waals surface area (Å²) in [7, 11) is 5.13. The molecule has 1 rings (SSSR count). The average molecular weight is 320 g/mol. The molecule has 0 spiro atoms. The lowest BCUT2D eigenvalue weighted by molar-refractivity contribution is -0.127. The lowest BCUT2D eigenvalue weighted by atomic mass is 10.1. The van der Waals surface area contributed by atoms with E-state index in [1.807, 2.05) is 19.1 Å². The molecule has 0 fully saturated rings. The van der Waals surface area contributed by atoms with Crippen LogP contribution in [0.15, 0.2) is 23.2 Å². The third-order valence-electron chi connectivity index (χ3n) is 3.34. The molecule has 1 amide bonds. The Morgan fingerprint density at radius 2 is 2.04 bits per heavy atom. The second kappa shape index (κ2) is 9.71. The first-order chi connectivity index (χ1) is 11.0. The maximum absolute atomic E-state index is 11.6. The third kappa shape index (κ3) is 6.59. The fourth-order valence-corrected chi connectivity index (χ4v) is 2.05. The van der Waals surface area contributed by atoms with E-state index in [1.165, 1.54) is 10.5 Å². The maximum Gasteiger partial charge on any atom is 0.243 e. The van der Waals surface area contributed by atoms with E-state index >= 15 is 0 Å². The summed E-state index contributed by atoms with van der Waals surface area (Å²) < 4.78 is 5.39. The topological polar surface area (TPSA) is 66.0 Å². The first kappa shape index (κ1) is 18.8. The Bertz CT molecular complexity index is 541. The number of nitrogens with zero attached hydrogens (tertiary/aromatic N) is 2. The summed E-state index contributed by atoms with van der Waals surface area (Å²) in [5.41, 5.74) is 2.36. The van der Waals surface area contributed by atoms with E-state index in [-0.39, 0.29) is 12.5 Å². The zero-order valence-electron chi connectivity index (χ0n) is 14.8. The summed E-state index contributed by atoms with van der Waals surface area (Å²) in [6.45, 7) is 5.65. The molecule has 0 atom stereocenters. The van der Waals surface area contributed by atoms with Gasteiger partial charge in [-0.05, 0) is 31.9 Å². The van der Waals surface area contributed by atoms with Gasteiger partial charge in [0, 0.05) is 27.2 Å². The smallest absolute Gasteiger partial charge is 0.243 e. The molecule has 1 aromatic rings. The van der Waals surface area contributed by atoms with Crippen LogP contribution in [0.3, 0.4) is 0 Å². The van der Waals surface area contributed by atoms with E-state index in [2.05, 4.69) is 28.6 Å². The van der Waals surface area contributed by atoms with Crippen LogP contribution < -0.4 is 15.4 Å². The number of aliphatic imine (C=N–C) groups is 1. The lowest BCUT2D eigenvalue weighted by Crippen LogP contribution is -2.39. The summed E-state index contributed by atoms with van der Waals surface area (Å²) in [6.07, 6.45) is 0.816. The predicted octanol–water partition coefficient (Wildman–Crippen LogP) is 1.19. The van der Waals surface area contributed by atoms with Crippen molar-refractivity contribution in [2.75, 3.05) is 40.8 Å². The van der Waals surface area contributed by atoms with Gasteiger partial charge in [0.15, 0.2) is 5.96 Å². The summed E-state index contributed by atoms with van der Waals surface area (Å²) in [6, 6.07) is 6.15. The molecule has 0 bridgehead atoms. The van der Waals surface area contributed by atoms with Crippen molar-refractivity contribution in [3.8, 4) is 5.75 Å². The largest absolute Gasteiger partial charge is 0.496 e. The van der Waals surface area contributed by atoms with Gasteiger partial charge < -0.3 is 20.3 Å². The number of guanidine groups is 1. The van der Waals surface area contributed by atoms with E-state index in [0.29, 0.717) is 12.5 Å². The first-order valence-electron chi connectivity index (χ1n) is 7.83. The van der Waals surface area contributed by atoms with E-state index < -0.39 is 0 Å². The van der Waals surface area contributed by atoms with Gasteiger partial charge in [0.1, 0.15) is 12.3 Å². The molecule has 0 unspecified atom stereocenters. The van der Waals surface area contributed by atoms with Crippen LogP contribution in [-0.2, 0) is 11.2 Å². The Hall–Kier alpha value is -2.24. The predicted molar refractivity (Wildman–Crippen MR) is 94.1 cm³/mol. The quantitative estimate of drug-likeness (QED) is 0.585. The highest BCUT2D eigenvalue weighted by Gasteiger charge is 2.06. The van der Waals surface area contributed by atoms with Crippen molar-refractivity contribution in [2.24, 2.45) is 4.99 Å². The number of benzene rings is 1. The highest BCUT2D eigenvalue weighted by molar-refractivity contribution is 5.84. The van der Waals surface area contributed by atoms with Crippen molar-refractivity contribution in [3.05, 3.63) is 29.3 Å². The zero-order valence-corrected chi connectivity index (χ0v) is 14.8. The van der Waals surface area contributed by atoms with Gasteiger partial charge in [-0.15, -0.1) is 0 Å². The van der Waals surface area contributed by atoms with Gasteiger partial charge in [0.2, 0.25) is 5.91 Å². The molecule has 0 aliphatic heterocycles. The molecule has 0 radical (unpaired) electrons. The molecule has 0 heterocycles. The Balaban J connectivity index is 2.60. The normalized spacial score (nSPS) is 11.1. The highest BCUT2D eigenvalue weighted by atomic mass is 16.5. The van der Waals surface area contributed by atoms with Crippen molar-refractivity contribution in [3.63, 3.8) is 0 Å². The van der Waals surface area contributed by atoms with E-state index in [1.54, 1.807) is 21.2 Å². The second-order valence-electron chi connectivity index (χ2n) is 5.48. The molecule has 0 aromatic heterocycles. The molecule has 0 saturated heterocycles. The maximum atomic E-state index is 11.6.